The highest BCUT2D eigenvalue weighted by atomic mass is 16.1. The zero-order valence-electron chi connectivity index (χ0n) is 13.3. The van der Waals surface area contributed by atoms with Gasteiger partial charge in [-0.15, -0.1) is 0 Å². The lowest BCUT2D eigenvalue weighted by Crippen LogP contribution is -2.40. The Morgan fingerprint density at radius 1 is 1.33 bits per heavy atom. The number of carbonyl (C=O) groups is 1. The molecule has 116 valence electrons. The van der Waals surface area contributed by atoms with E-state index in [-0.39, 0.29) is 16.7 Å². The standard InChI is InChI=1S/C16H26N4O/c1-15(2,3)13-8-12(18-19-13)10-20-6-4-16(5-7-20)9-14(21)17-11-16/h8H,4-7,9-11H2,1-3H3,(H,17,21)(H,18,19). The van der Waals surface area contributed by atoms with Gasteiger partial charge in [0.2, 0.25) is 5.91 Å². The first-order valence-electron chi connectivity index (χ1n) is 7.90. The third-order valence-electron chi connectivity index (χ3n) is 4.91. The minimum absolute atomic E-state index is 0.0938. The van der Waals surface area contributed by atoms with Crippen LogP contribution in [0.1, 0.15) is 51.4 Å². The van der Waals surface area contributed by atoms with Crippen molar-refractivity contribution in [3.8, 4) is 0 Å². The second-order valence-electron chi connectivity index (χ2n) is 7.76. The van der Waals surface area contributed by atoms with Crippen LogP contribution in [0.2, 0.25) is 0 Å². The van der Waals surface area contributed by atoms with Gasteiger partial charge in [0.15, 0.2) is 0 Å². The monoisotopic (exact) mass is 290 g/mol. The third-order valence-corrected chi connectivity index (χ3v) is 4.91. The minimum atomic E-state index is 0.0938. The number of H-pyrrole nitrogens is 1. The zero-order chi connectivity index (χ0) is 15.1. The van der Waals surface area contributed by atoms with Crippen molar-refractivity contribution in [2.45, 2.75) is 52.0 Å². The summed E-state index contributed by atoms with van der Waals surface area (Å²) in [6.45, 7) is 10.5. The van der Waals surface area contributed by atoms with E-state index >= 15 is 0 Å². The van der Waals surface area contributed by atoms with Crippen LogP contribution < -0.4 is 5.32 Å². The lowest BCUT2D eigenvalue weighted by Gasteiger charge is -2.37. The van der Waals surface area contributed by atoms with E-state index in [0.29, 0.717) is 0 Å². The van der Waals surface area contributed by atoms with E-state index in [1.807, 2.05) is 0 Å². The molecule has 2 aliphatic rings. The molecule has 0 bridgehead atoms. The Bertz CT molecular complexity index is 521. The molecule has 2 fully saturated rings. The number of carbonyl (C=O) groups excluding carboxylic acids is 1. The summed E-state index contributed by atoms with van der Waals surface area (Å²) in [5.74, 6) is 0.229. The molecule has 3 heterocycles. The van der Waals surface area contributed by atoms with E-state index in [1.54, 1.807) is 0 Å². The van der Waals surface area contributed by atoms with Gasteiger partial charge in [-0.3, -0.25) is 14.8 Å². The van der Waals surface area contributed by atoms with Crippen molar-refractivity contribution in [1.29, 1.82) is 0 Å². The first-order valence-corrected chi connectivity index (χ1v) is 7.90. The molecular weight excluding hydrogens is 264 g/mol. The second-order valence-corrected chi connectivity index (χ2v) is 7.76. The van der Waals surface area contributed by atoms with Crippen molar-refractivity contribution in [1.82, 2.24) is 20.4 Å². The maximum absolute atomic E-state index is 11.4. The predicted octanol–water partition coefficient (Wildman–Crippen LogP) is 1.81. The summed E-state index contributed by atoms with van der Waals surface area (Å²) < 4.78 is 0. The van der Waals surface area contributed by atoms with Gasteiger partial charge in [-0.05, 0) is 37.4 Å². The number of nitrogens with zero attached hydrogens (tertiary/aromatic N) is 2. The van der Waals surface area contributed by atoms with Crippen molar-refractivity contribution < 1.29 is 4.79 Å². The van der Waals surface area contributed by atoms with Crippen LogP contribution in [0.4, 0.5) is 0 Å². The molecule has 3 rings (SSSR count). The van der Waals surface area contributed by atoms with Crippen molar-refractivity contribution in [2.75, 3.05) is 19.6 Å². The fraction of sp³-hybridized carbons (Fsp3) is 0.750. The average molecular weight is 290 g/mol. The summed E-state index contributed by atoms with van der Waals surface area (Å²) in [5.41, 5.74) is 2.64. The number of nitrogens with one attached hydrogen (secondary N) is 2. The molecule has 5 heteroatoms. The lowest BCUT2D eigenvalue weighted by atomic mass is 9.77. The normalized spacial score (nSPS) is 22.7. The van der Waals surface area contributed by atoms with Gasteiger partial charge in [-0.1, -0.05) is 20.8 Å². The molecule has 5 nitrogen and oxygen atoms in total. The van der Waals surface area contributed by atoms with Gasteiger partial charge in [0.05, 0.1) is 5.69 Å². The SMILES string of the molecule is CC(C)(C)c1cc(CN2CCC3(CC2)CNC(=O)C3)[nH]n1. The van der Waals surface area contributed by atoms with E-state index in [2.05, 4.69) is 47.3 Å². The van der Waals surface area contributed by atoms with Crippen molar-refractivity contribution in [2.24, 2.45) is 5.41 Å². The molecule has 0 aromatic carbocycles. The summed E-state index contributed by atoms with van der Waals surface area (Å²) in [6, 6.07) is 2.19. The van der Waals surface area contributed by atoms with E-state index in [0.717, 1.165) is 51.1 Å². The Morgan fingerprint density at radius 2 is 2.05 bits per heavy atom. The van der Waals surface area contributed by atoms with Gasteiger partial charge in [0.25, 0.3) is 0 Å². The molecule has 0 unspecified atom stereocenters. The summed E-state index contributed by atoms with van der Waals surface area (Å²) in [5, 5.41) is 10.6. The Balaban J connectivity index is 1.56. The van der Waals surface area contributed by atoms with Crippen LogP contribution >= 0.6 is 0 Å². The molecular formula is C16H26N4O. The number of aromatic amines is 1. The van der Waals surface area contributed by atoms with Crippen LogP contribution in [0.25, 0.3) is 0 Å². The molecule has 0 atom stereocenters. The fourth-order valence-corrected chi connectivity index (χ4v) is 3.36. The van der Waals surface area contributed by atoms with Crippen LogP contribution in [0.5, 0.6) is 0 Å². The number of hydrogen-bond donors (Lipinski definition) is 2. The average Bonchev–Trinajstić information content (AvgIpc) is 3.00. The summed E-state index contributed by atoms with van der Waals surface area (Å²) in [7, 11) is 0. The summed E-state index contributed by atoms with van der Waals surface area (Å²) in [4.78, 5) is 13.9. The van der Waals surface area contributed by atoms with Gasteiger partial charge in [-0.25, -0.2) is 0 Å². The van der Waals surface area contributed by atoms with Crippen molar-refractivity contribution in [3.05, 3.63) is 17.5 Å². The highest BCUT2D eigenvalue weighted by molar-refractivity contribution is 5.79. The highest BCUT2D eigenvalue weighted by Crippen LogP contribution is 2.37. The number of likely N-dealkylation sites (tertiary alicyclic amines) is 1. The quantitative estimate of drug-likeness (QED) is 0.873. The second kappa shape index (κ2) is 5.13. The largest absolute Gasteiger partial charge is 0.356 e. The lowest BCUT2D eigenvalue weighted by molar-refractivity contribution is -0.119. The fourth-order valence-electron chi connectivity index (χ4n) is 3.36. The molecule has 0 aliphatic carbocycles. The number of piperidine rings is 1. The number of aromatic nitrogens is 2. The minimum Gasteiger partial charge on any atom is -0.356 e. The van der Waals surface area contributed by atoms with E-state index in [1.165, 1.54) is 5.69 Å². The van der Waals surface area contributed by atoms with Crippen LogP contribution in [0, 0.1) is 5.41 Å². The number of rotatable bonds is 2. The van der Waals surface area contributed by atoms with Gasteiger partial charge in [0.1, 0.15) is 0 Å². The van der Waals surface area contributed by atoms with E-state index in [9.17, 15) is 4.79 Å². The summed E-state index contributed by atoms with van der Waals surface area (Å²) >= 11 is 0. The number of hydrogen-bond acceptors (Lipinski definition) is 3. The van der Waals surface area contributed by atoms with Gasteiger partial charge < -0.3 is 5.32 Å². The smallest absolute Gasteiger partial charge is 0.220 e. The van der Waals surface area contributed by atoms with Crippen LogP contribution in [-0.2, 0) is 16.8 Å². The van der Waals surface area contributed by atoms with Crippen LogP contribution in [0.15, 0.2) is 6.07 Å². The maximum atomic E-state index is 11.4. The first-order chi connectivity index (χ1) is 9.86. The van der Waals surface area contributed by atoms with Crippen molar-refractivity contribution in [3.63, 3.8) is 0 Å². The Hall–Kier alpha value is -1.36. The van der Waals surface area contributed by atoms with Crippen molar-refractivity contribution >= 4 is 5.91 Å². The molecule has 1 spiro atoms. The molecule has 2 N–H and O–H groups in total. The van der Waals surface area contributed by atoms with Crippen LogP contribution in [0.3, 0.4) is 0 Å². The molecule has 21 heavy (non-hydrogen) atoms. The topological polar surface area (TPSA) is 61.0 Å². The van der Waals surface area contributed by atoms with Gasteiger partial charge >= 0.3 is 0 Å². The molecule has 1 amide bonds. The van der Waals surface area contributed by atoms with Gasteiger partial charge in [0, 0.05) is 30.6 Å². The zero-order valence-corrected chi connectivity index (χ0v) is 13.3. The Labute approximate surface area is 126 Å². The highest BCUT2D eigenvalue weighted by Gasteiger charge is 2.40. The molecule has 0 saturated carbocycles. The molecule has 1 aromatic heterocycles. The van der Waals surface area contributed by atoms with E-state index < -0.39 is 0 Å². The van der Waals surface area contributed by atoms with E-state index in [4.69, 9.17) is 0 Å². The number of amides is 1. The maximum Gasteiger partial charge on any atom is 0.220 e. The van der Waals surface area contributed by atoms with Gasteiger partial charge in [-0.2, -0.15) is 5.10 Å². The molecule has 2 aliphatic heterocycles. The molecule has 1 aromatic rings. The molecule has 2 saturated heterocycles. The Kier molecular flexibility index (Phi) is 3.56. The predicted molar refractivity (Wildman–Crippen MR) is 81.9 cm³/mol. The Morgan fingerprint density at radius 3 is 2.57 bits per heavy atom. The molecule has 0 radical (unpaired) electrons. The third kappa shape index (κ3) is 3.12. The van der Waals surface area contributed by atoms with Crippen LogP contribution in [-0.4, -0.2) is 40.6 Å². The summed E-state index contributed by atoms with van der Waals surface area (Å²) in [6.07, 6.45) is 2.96. The first kappa shape index (κ1) is 14.6.